The monoisotopic (exact) mass is 370 g/mol. The predicted octanol–water partition coefficient (Wildman–Crippen LogP) is 2.95. The van der Waals surface area contributed by atoms with E-state index in [9.17, 15) is 4.79 Å². The number of amides is 2. The van der Waals surface area contributed by atoms with Gasteiger partial charge in [-0.1, -0.05) is 0 Å². The van der Waals surface area contributed by atoms with Crippen molar-refractivity contribution in [3.63, 3.8) is 0 Å². The number of fused-ring (bicyclic) bond motifs is 1. The Balaban J connectivity index is 1.57. The average molecular weight is 371 g/mol. The normalized spacial score (nSPS) is 14.6. The lowest BCUT2D eigenvalue weighted by Gasteiger charge is -2.25. The van der Waals surface area contributed by atoms with Crippen molar-refractivity contribution in [2.45, 2.75) is 65.8 Å². The van der Waals surface area contributed by atoms with E-state index < -0.39 is 0 Å². The van der Waals surface area contributed by atoms with Crippen molar-refractivity contribution >= 4 is 6.03 Å². The summed E-state index contributed by atoms with van der Waals surface area (Å²) in [5.41, 5.74) is 6.62. The molecule has 0 unspecified atom stereocenters. The van der Waals surface area contributed by atoms with E-state index in [0.717, 1.165) is 41.3 Å². The Labute approximate surface area is 161 Å². The summed E-state index contributed by atoms with van der Waals surface area (Å²) in [6.07, 6.45) is 5.21. The van der Waals surface area contributed by atoms with Crippen molar-refractivity contribution in [2.75, 3.05) is 13.6 Å². The van der Waals surface area contributed by atoms with Gasteiger partial charge in [-0.05, 0) is 58.9 Å². The molecule has 1 aliphatic carbocycles. The number of aromatic nitrogens is 4. The Morgan fingerprint density at radius 3 is 2.63 bits per heavy atom. The van der Waals surface area contributed by atoms with Gasteiger partial charge in [0.1, 0.15) is 5.82 Å². The molecule has 1 atom stereocenters. The second-order valence-corrected chi connectivity index (χ2v) is 7.47. The number of aryl methyl sites for hydroxylation is 4. The minimum absolute atomic E-state index is 0.0500. The van der Waals surface area contributed by atoms with Crippen LogP contribution in [-0.2, 0) is 19.3 Å². The number of nitrogens with one attached hydrogen (secondary N) is 2. The van der Waals surface area contributed by atoms with E-state index >= 15 is 0 Å². The van der Waals surface area contributed by atoms with Crippen LogP contribution in [-0.4, -0.2) is 44.7 Å². The SMILES string of the molecule is Cc1nc(CCNC(=O)N(C)[C@H](C)c2c(C)n[nH]c2C)nc2c1CCCC2. The van der Waals surface area contributed by atoms with Crippen LogP contribution in [0.15, 0.2) is 0 Å². The minimum Gasteiger partial charge on any atom is -0.338 e. The molecule has 2 aromatic heterocycles. The van der Waals surface area contributed by atoms with E-state index in [-0.39, 0.29) is 12.1 Å². The second kappa shape index (κ2) is 8.06. The summed E-state index contributed by atoms with van der Waals surface area (Å²) in [7, 11) is 1.81. The molecule has 3 rings (SSSR count). The number of aromatic amines is 1. The van der Waals surface area contributed by atoms with Gasteiger partial charge >= 0.3 is 6.03 Å². The molecular weight excluding hydrogens is 340 g/mol. The standard InChI is InChI=1S/C20H30N6O/c1-12-16-8-6-7-9-17(16)23-18(22-12)10-11-21-20(27)26(5)15(4)19-13(2)24-25-14(19)3/h15H,6-11H2,1-5H3,(H,21,27)(H,24,25)/t15-/m1/s1. The molecule has 2 heterocycles. The Bertz CT molecular complexity index is 809. The van der Waals surface area contributed by atoms with Gasteiger partial charge in [0.05, 0.1) is 11.7 Å². The Kier molecular flexibility index (Phi) is 5.77. The fourth-order valence-electron chi connectivity index (χ4n) is 3.91. The molecule has 2 N–H and O–H groups in total. The molecule has 146 valence electrons. The van der Waals surface area contributed by atoms with Crippen molar-refractivity contribution in [2.24, 2.45) is 0 Å². The van der Waals surface area contributed by atoms with Gasteiger partial charge in [0, 0.05) is 42.7 Å². The van der Waals surface area contributed by atoms with E-state index in [4.69, 9.17) is 4.98 Å². The lowest BCUT2D eigenvalue weighted by Crippen LogP contribution is -2.40. The van der Waals surface area contributed by atoms with Gasteiger partial charge in [-0.3, -0.25) is 5.10 Å². The van der Waals surface area contributed by atoms with Crippen molar-refractivity contribution in [1.29, 1.82) is 0 Å². The van der Waals surface area contributed by atoms with E-state index in [1.54, 1.807) is 4.90 Å². The van der Waals surface area contributed by atoms with Crippen LogP contribution < -0.4 is 5.32 Å². The fraction of sp³-hybridized carbons (Fsp3) is 0.600. The molecule has 0 saturated carbocycles. The maximum atomic E-state index is 12.5. The van der Waals surface area contributed by atoms with Crippen LogP contribution in [0.5, 0.6) is 0 Å². The van der Waals surface area contributed by atoms with Crippen molar-refractivity contribution in [3.8, 4) is 0 Å². The van der Waals surface area contributed by atoms with Gasteiger partial charge in [-0.2, -0.15) is 5.10 Å². The quantitative estimate of drug-likeness (QED) is 0.847. The van der Waals surface area contributed by atoms with Crippen molar-refractivity contribution in [1.82, 2.24) is 30.4 Å². The van der Waals surface area contributed by atoms with Crippen molar-refractivity contribution in [3.05, 3.63) is 39.7 Å². The molecule has 0 fully saturated rings. The highest BCUT2D eigenvalue weighted by molar-refractivity contribution is 5.74. The largest absolute Gasteiger partial charge is 0.338 e. The summed E-state index contributed by atoms with van der Waals surface area (Å²) in [6, 6.07) is -0.150. The first-order chi connectivity index (χ1) is 12.9. The van der Waals surface area contributed by atoms with E-state index in [0.29, 0.717) is 13.0 Å². The Hall–Kier alpha value is -2.44. The number of urea groups is 1. The van der Waals surface area contributed by atoms with Crippen LogP contribution in [0, 0.1) is 20.8 Å². The van der Waals surface area contributed by atoms with Gasteiger partial charge in [0.15, 0.2) is 0 Å². The smallest absolute Gasteiger partial charge is 0.317 e. The summed E-state index contributed by atoms with van der Waals surface area (Å²) >= 11 is 0. The molecule has 27 heavy (non-hydrogen) atoms. The number of carbonyl (C=O) groups excluding carboxylic acids is 1. The van der Waals surface area contributed by atoms with Crippen LogP contribution in [0.25, 0.3) is 0 Å². The van der Waals surface area contributed by atoms with Gasteiger partial charge in [-0.15, -0.1) is 0 Å². The van der Waals surface area contributed by atoms with Crippen LogP contribution in [0.2, 0.25) is 0 Å². The summed E-state index contributed by atoms with van der Waals surface area (Å²) in [5.74, 6) is 0.825. The number of rotatable bonds is 5. The molecule has 7 heteroatoms. The minimum atomic E-state index is -0.0998. The number of carbonyl (C=O) groups is 1. The third-order valence-corrected chi connectivity index (χ3v) is 5.57. The molecule has 0 bridgehead atoms. The third-order valence-electron chi connectivity index (χ3n) is 5.57. The second-order valence-electron chi connectivity index (χ2n) is 7.47. The highest BCUT2D eigenvalue weighted by Gasteiger charge is 2.22. The average Bonchev–Trinajstić information content (AvgIpc) is 2.99. The van der Waals surface area contributed by atoms with Gasteiger partial charge in [-0.25, -0.2) is 14.8 Å². The molecule has 7 nitrogen and oxygen atoms in total. The summed E-state index contributed by atoms with van der Waals surface area (Å²) in [4.78, 5) is 23.6. The first-order valence-electron chi connectivity index (χ1n) is 9.76. The maximum absolute atomic E-state index is 12.5. The summed E-state index contributed by atoms with van der Waals surface area (Å²) in [6.45, 7) is 8.54. The molecule has 0 radical (unpaired) electrons. The lowest BCUT2D eigenvalue weighted by atomic mass is 9.95. The highest BCUT2D eigenvalue weighted by atomic mass is 16.2. The molecular formula is C20H30N6O. The number of H-pyrrole nitrogens is 1. The highest BCUT2D eigenvalue weighted by Crippen LogP contribution is 2.24. The molecule has 0 spiro atoms. The van der Waals surface area contributed by atoms with Crippen LogP contribution >= 0.6 is 0 Å². The van der Waals surface area contributed by atoms with Gasteiger partial charge in [0.2, 0.25) is 0 Å². The van der Waals surface area contributed by atoms with Gasteiger partial charge in [0.25, 0.3) is 0 Å². The number of hydrogen-bond acceptors (Lipinski definition) is 4. The fourth-order valence-corrected chi connectivity index (χ4v) is 3.91. The molecule has 1 aliphatic rings. The van der Waals surface area contributed by atoms with Crippen LogP contribution in [0.1, 0.15) is 65.5 Å². The van der Waals surface area contributed by atoms with Crippen LogP contribution in [0.3, 0.4) is 0 Å². The topological polar surface area (TPSA) is 86.8 Å². The third kappa shape index (κ3) is 4.12. The molecule has 2 amide bonds. The zero-order valence-electron chi connectivity index (χ0n) is 17.0. The molecule has 0 saturated heterocycles. The molecule has 0 aliphatic heterocycles. The lowest BCUT2D eigenvalue weighted by molar-refractivity contribution is 0.194. The van der Waals surface area contributed by atoms with E-state index in [2.05, 4.69) is 27.4 Å². The summed E-state index contributed by atoms with van der Waals surface area (Å²) in [5, 5.41) is 10.2. The zero-order chi connectivity index (χ0) is 19.6. The Morgan fingerprint density at radius 2 is 1.93 bits per heavy atom. The zero-order valence-corrected chi connectivity index (χ0v) is 17.0. The Morgan fingerprint density at radius 1 is 1.19 bits per heavy atom. The predicted molar refractivity (Wildman–Crippen MR) is 105 cm³/mol. The number of hydrogen-bond donors (Lipinski definition) is 2. The summed E-state index contributed by atoms with van der Waals surface area (Å²) < 4.78 is 0. The van der Waals surface area contributed by atoms with Crippen LogP contribution in [0.4, 0.5) is 4.79 Å². The number of nitrogens with zero attached hydrogens (tertiary/aromatic N) is 4. The van der Waals surface area contributed by atoms with E-state index in [1.807, 2.05) is 27.8 Å². The first kappa shape index (κ1) is 19.3. The van der Waals surface area contributed by atoms with Gasteiger partial charge < -0.3 is 10.2 Å². The van der Waals surface area contributed by atoms with Crippen molar-refractivity contribution < 1.29 is 4.79 Å². The first-order valence-corrected chi connectivity index (χ1v) is 9.76. The van der Waals surface area contributed by atoms with E-state index in [1.165, 1.54) is 24.1 Å². The molecule has 2 aromatic rings. The molecule has 0 aromatic carbocycles. The maximum Gasteiger partial charge on any atom is 0.317 e.